The van der Waals surface area contributed by atoms with Gasteiger partial charge < -0.3 is 15.7 Å². The Morgan fingerprint density at radius 3 is 2.14 bits per heavy atom. The Hall–Kier alpha value is -2.70. The van der Waals surface area contributed by atoms with Crippen molar-refractivity contribution in [2.24, 2.45) is 0 Å². The van der Waals surface area contributed by atoms with Gasteiger partial charge in [0.05, 0.1) is 12.5 Å². The Labute approximate surface area is 127 Å². The molecule has 0 saturated carbocycles. The average Bonchev–Trinajstić information content (AvgIpc) is 2.46. The van der Waals surface area contributed by atoms with Crippen molar-refractivity contribution in [3.8, 4) is 0 Å². The Bertz CT molecular complexity index is 571. The van der Waals surface area contributed by atoms with Crippen molar-refractivity contribution in [3.05, 3.63) is 35.9 Å². The van der Waals surface area contributed by atoms with E-state index < -0.39 is 35.7 Å². The van der Waals surface area contributed by atoms with Crippen LogP contribution in [0.25, 0.3) is 0 Å². The summed E-state index contributed by atoms with van der Waals surface area (Å²) in [6, 6.07) is 6.73. The highest BCUT2D eigenvalue weighted by Gasteiger charge is 2.25. The fourth-order valence-corrected chi connectivity index (χ4v) is 1.67. The summed E-state index contributed by atoms with van der Waals surface area (Å²) < 4.78 is 0. The molecule has 0 spiro atoms. The molecule has 0 saturated heterocycles. The first-order valence-corrected chi connectivity index (χ1v) is 6.72. The molecule has 1 aromatic carbocycles. The number of aliphatic carboxylic acids is 1. The third kappa shape index (κ3) is 5.35. The molecule has 0 unspecified atom stereocenters. The van der Waals surface area contributed by atoms with Gasteiger partial charge in [0.2, 0.25) is 11.7 Å². The standard InChI is InChI=1S/C15H18N2O5/c1-9(13(19)14(20)17-10(2)15(21)22)16-12(18)8-11-6-4-3-5-7-11/h3-7,9-10H,8H2,1-2H3,(H,16,18)(H,17,20)(H,21,22)/t9-,10-/m0/s1. The van der Waals surface area contributed by atoms with Crippen LogP contribution in [-0.4, -0.2) is 40.8 Å². The molecular formula is C15H18N2O5. The molecule has 0 aliphatic rings. The summed E-state index contributed by atoms with van der Waals surface area (Å²) in [6.07, 6.45) is 0.0889. The summed E-state index contributed by atoms with van der Waals surface area (Å²) in [5.41, 5.74) is 0.781. The maximum absolute atomic E-state index is 11.8. The van der Waals surface area contributed by atoms with Gasteiger partial charge in [0.1, 0.15) is 6.04 Å². The maximum atomic E-state index is 11.8. The fourth-order valence-electron chi connectivity index (χ4n) is 1.67. The first-order valence-electron chi connectivity index (χ1n) is 6.72. The van der Waals surface area contributed by atoms with Crippen molar-refractivity contribution < 1.29 is 24.3 Å². The van der Waals surface area contributed by atoms with Crippen molar-refractivity contribution in [1.82, 2.24) is 10.6 Å². The Kier molecular flexibility index (Phi) is 6.25. The minimum absolute atomic E-state index is 0.0889. The number of carbonyl (C=O) groups excluding carboxylic acids is 3. The molecule has 3 N–H and O–H groups in total. The van der Waals surface area contributed by atoms with Gasteiger partial charge in [-0.25, -0.2) is 0 Å². The Morgan fingerprint density at radius 1 is 1.00 bits per heavy atom. The van der Waals surface area contributed by atoms with E-state index in [4.69, 9.17) is 5.11 Å². The molecule has 7 heteroatoms. The Morgan fingerprint density at radius 2 is 1.59 bits per heavy atom. The summed E-state index contributed by atoms with van der Waals surface area (Å²) in [6.45, 7) is 2.61. The molecule has 7 nitrogen and oxygen atoms in total. The first kappa shape index (κ1) is 17.4. The summed E-state index contributed by atoms with van der Waals surface area (Å²) >= 11 is 0. The number of hydrogen-bond donors (Lipinski definition) is 3. The second-order valence-electron chi connectivity index (χ2n) is 4.85. The van der Waals surface area contributed by atoms with Crippen LogP contribution in [0.15, 0.2) is 30.3 Å². The van der Waals surface area contributed by atoms with E-state index >= 15 is 0 Å². The summed E-state index contributed by atoms with van der Waals surface area (Å²) in [5.74, 6) is -3.58. The third-order valence-corrected chi connectivity index (χ3v) is 2.92. The van der Waals surface area contributed by atoms with E-state index in [1.54, 1.807) is 24.3 Å². The van der Waals surface area contributed by atoms with Crippen LogP contribution in [0.5, 0.6) is 0 Å². The zero-order chi connectivity index (χ0) is 16.7. The monoisotopic (exact) mass is 306 g/mol. The van der Waals surface area contributed by atoms with Gasteiger partial charge >= 0.3 is 5.97 Å². The number of amides is 2. The number of carbonyl (C=O) groups is 4. The van der Waals surface area contributed by atoms with Crippen LogP contribution >= 0.6 is 0 Å². The highest BCUT2D eigenvalue weighted by Crippen LogP contribution is 2.00. The highest BCUT2D eigenvalue weighted by molar-refractivity contribution is 6.38. The Balaban J connectivity index is 2.51. The lowest BCUT2D eigenvalue weighted by Crippen LogP contribution is -2.49. The third-order valence-electron chi connectivity index (χ3n) is 2.92. The molecule has 0 radical (unpaired) electrons. The molecule has 0 bridgehead atoms. The smallest absolute Gasteiger partial charge is 0.325 e. The normalized spacial score (nSPS) is 12.8. The largest absolute Gasteiger partial charge is 0.480 e. The molecule has 0 fully saturated rings. The van der Waals surface area contributed by atoms with E-state index in [9.17, 15) is 19.2 Å². The van der Waals surface area contributed by atoms with Crippen LogP contribution < -0.4 is 10.6 Å². The zero-order valence-corrected chi connectivity index (χ0v) is 12.3. The quantitative estimate of drug-likeness (QED) is 0.609. The van der Waals surface area contributed by atoms with Crippen molar-refractivity contribution in [2.75, 3.05) is 0 Å². The van der Waals surface area contributed by atoms with Crippen molar-refractivity contribution in [2.45, 2.75) is 32.4 Å². The lowest BCUT2D eigenvalue weighted by Gasteiger charge is -2.14. The molecule has 2 atom stereocenters. The molecule has 0 heterocycles. The maximum Gasteiger partial charge on any atom is 0.325 e. The van der Waals surface area contributed by atoms with Crippen LogP contribution in [0.3, 0.4) is 0 Å². The highest BCUT2D eigenvalue weighted by atomic mass is 16.4. The number of rotatable bonds is 7. The predicted molar refractivity (Wildman–Crippen MR) is 78.0 cm³/mol. The van der Waals surface area contributed by atoms with Crippen LogP contribution in [0.1, 0.15) is 19.4 Å². The van der Waals surface area contributed by atoms with Gasteiger partial charge in [0.15, 0.2) is 0 Å². The lowest BCUT2D eigenvalue weighted by molar-refractivity contribution is -0.144. The predicted octanol–water partition coefficient (Wildman–Crippen LogP) is -0.108. The lowest BCUT2D eigenvalue weighted by atomic mass is 10.1. The first-order chi connectivity index (χ1) is 10.3. The number of carboxylic acids is 1. The molecule has 0 aliphatic carbocycles. The molecule has 118 valence electrons. The second-order valence-corrected chi connectivity index (χ2v) is 4.85. The number of hydrogen-bond acceptors (Lipinski definition) is 4. The van der Waals surface area contributed by atoms with Gasteiger partial charge in [-0.3, -0.25) is 19.2 Å². The topological polar surface area (TPSA) is 113 Å². The van der Waals surface area contributed by atoms with Gasteiger partial charge in [-0.15, -0.1) is 0 Å². The molecule has 1 aromatic rings. The number of benzene rings is 1. The molecule has 0 aliphatic heterocycles. The summed E-state index contributed by atoms with van der Waals surface area (Å²) in [4.78, 5) is 45.7. The van der Waals surface area contributed by atoms with Gasteiger partial charge in [0.25, 0.3) is 5.91 Å². The number of nitrogens with one attached hydrogen (secondary N) is 2. The van der Waals surface area contributed by atoms with E-state index in [1.807, 2.05) is 11.4 Å². The van der Waals surface area contributed by atoms with Gasteiger partial charge in [-0.1, -0.05) is 30.3 Å². The molecular weight excluding hydrogens is 288 g/mol. The molecule has 0 aromatic heterocycles. The van der Waals surface area contributed by atoms with Crippen molar-refractivity contribution in [1.29, 1.82) is 0 Å². The van der Waals surface area contributed by atoms with Gasteiger partial charge in [-0.2, -0.15) is 0 Å². The van der Waals surface area contributed by atoms with Crippen molar-refractivity contribution in [3.63, 3.8) is 0 Å². The van der Waals surface area contributed by atoms with E-state index in [2.05, 4.69) is 5.32 Å². The van der Waals surface area contributed by atoms with Crippen LogP contribution in [-0.2, 0) is 25.6 Å². The van der Waals surface area contributed by atoms with E-state index in [-0.39, 0.29) is 6.42 Å². The number of carboxylic acid groups (broad SMARTS) is 1. The van der Waals surface area contributed by atoms with Gasteiger partial charge in [-0.05, 0) is 19.4 Å². The minimum atomic E-state index is -1.25. The van der Waals surface area contributed by atoms with Crippen LogP contribution in [0.4, 0.5) is 0 Å². The van der Waals surface area contributed by atoms with E-state index in [0.29, 0.717) is 0 Å². The molecule has 22 heavy (non-hydrogen) atoms. The number of Topliss-reactive ketones (excluding diaryl/α,β-unsaturated/α-hetero) is 1. The van der Waals surface area contributed by atoms with E-state index in [1.165, 1.54) is 13.8 Å². The van der Waals surface area contributed by atoms with E-state index in [0.717, 1.165) is 5.56 Å². The van der Waals surface area contributed by atoms with Crippen LogP contribution in [0.2, 0.25) is 0 Å². The zero-order valence-electron chi connectivity index (χ0n) is 12.3. The SMILES string of the molecule is C[C@H](NC(=O)C(=O)[C@H](C)NC(=O)Cc1ccccc1)C(=O)O. The molecule has 2 amide bonds. The molecule has 1 rings (SSSR count). The fraction of sp³-hybridized carbons (Fsp3) is 0.333. The average molecular weight is 306 g/mol. The van der Waals surface area contributed by atoms with Crippen LogP contribution in [0, 0.1) is 0 Å². The van der Waals surface area contributed by atoms with Crippen molar-refractivity contribution >= 4 is 23.6 Å². The summed E-state index contributed by atoms with van der Waals surface area (Å²) in [7, 11) is 0. The van der Waals surface area contributed by atoms with Gasteiger partial charge in [0, 0.05) is 0 Å². The minimum Gasteiger partial charge on any atom is -0.480 e. The number of ketones is 1. The summed E-state index contributed by atoms with van der Waals surface area (Å²) in [5, 5.41) is 13.1. The second kappa shape index (κ2) is 7.92.